The van der Waals surface area contributed by atoms with Gasteiger partial charge in [-0.2, -0.15) is 13.2 Å². The molecule has 1 N–H and O–H groups in total. The number of fused-ring (bicyclic) bond motifs is 2. The molecule has 5 rings (SSSR count). The van der Waals surface area contributed by atoms with Crippen LogP contribution in [0.1, 0.15) is 24.3 Å². The molecule has 1 saturated heterocycles. The van der Waals surface area contributed by atoms with E-state index >= 15 is 0 Å². The van der Waals surface area contributed by atoms with Crippen LogP contribution in [0.15, 0.2) is 58.4 Å². The van der Waals surface area contributed by atoms with Gasteiger partial charge in [-0.3, -0.25) is 23.7 Å². The second-order valence-corrected chi connectivity index (χ2v) is 12.0. The second-order valence-electron chi connectivity index (χ2n) is 9.44. The van der Waals surface area contributed by atoms with Crippen molar-refractivity contribution in [2.75, 3.05) is 10.2 Å². The van der Waals surface area contributed by atoms with Gasteiger partial charge in [-0.05, 0) is 42.5 Å². The van der Waals surface area contributed by atoms with Crippen molar-refractivity contribution in [1.29, 1.82) is 0 Å². The van der Waals surface area contributed by atoms with E-state index in [2.05, 4.69) is 5.32 Å². The van der Waals surface area contributed by atoms with Gasteiger partial charge >= 0.3 is 11.0 Å². The number of thiazole rings is 1. The van der Waals surface area contributed by atoms with Crippen LogP contribution in [0.25, 0.3) is 0 Å². The van der Waals surface area contributed by atoms with E-state index in [9.17, 15) is 32.3 Å². The largest absolute Gasteiger partial charge is 0.416 e. The molecule has 0 radical (unpaired) electrons. The first-order valence-electron chi connectivity index (χ1n) is 11.3. The summed E-state index contributed by atoms with van der Waals surface area (Å²) in [5.41, 5.74) is -1.64. The smallest absolute Gasteiger partial charge is 0.325 e. The highest BCUT2D eigenvalue weighted by atomic mass is 35.5. The predicted molar refractivity (Wildman–Crippen MR) is 139 cm³/mol. The average molecular weight is 582 g/mol. The zero-order chi connectivity index (χ0) is 27.6. The summed E-state index contributed by atoms with van der Waals surface area (Å²) >= 11 is 7.75. The molecular formula is C25H19ClF3N3O4S2. The van der Waals surface area contributed by atoms with Crippen LogP contribution >= 0.6 is 34.7 Å². The van der Waals surface area contributed by atoms with E-state index < -0.39 is 50.9 Å². The summed E-state index contributed by atoms with van der Waals surface area (Å²) in [7, 11) is 0. The molecule has 3 heterocycles. The molecule has 0 aliphatic carbocycles. The van der Waals surface area contributed by atoms with Crippen molar-refractivity contribution in [3.63, 3.8) is 0 Å². The van der Waals surface area contributed by atoms with Crippen LogP contribution < -0.4 is 15.1 Å². The monoisotopic (exact) mass is 581 g/mol. The van der Waals surface area contributed by atoms with Crippen molar-refractivity contribution in [3.05, 3.63) is 73.7 Å². The van der Waals surface area contributed by atoms with E-state index in [1.807, 2.05) is 0 Å². The number of halogens is 4. The number of carbonyl (C=O) groups excluding carboxylic acids is 3. The van der Waals surface area contributed by atoms with Crippen molar-refractivity contribution in [3.8, 4) is 0 Å². The number of nitrogens with one attached hydrogen (secondary N) is 1. The molecule has 2 unspecified atom stereocenters. The van der Waals surface area contributed by atoms with Gasteiger partial charge < -0.3 is 5.32 Å². The fraction of sp³-hybridized carbons (Fsp3) is 0.280. The van der Waals surface area contributed by atoms with Gasteiger partial charge in [0.1, 0.15) is 11.8 Å². The number of amides is 3. The maximum absolute atomic E-state index is 13.5. The van der Waals surface area contributed by atoms with E-state index in [1.165, 1.54) is 10.6 Å². The quantitative estimate of drug-likeness (QED) is 0.430. The van der Waals surface area contributed by atoms with Crippen LogP contribution in [-0.2, 0) is 32.5 Å². The fourth-order valence-corrected chi connectivity index (χ4v) is 7.88. The Morgan fingerprint density at radius 3 is 2.42 bits per heavy atom. The SMILES string of the molecule is CC1(C)c2sc(=O)n(CC(=O)Nc3ccc(Cl)cc3)c2SC2C(=O)N(c3cccc(C(F)(F)F)c3)C(=O)C21. The number of carbonyl (C=O) groups is 3. The number of imide groups is 1. The van der Waals surface area contributed by atoms with Crippen LogP contribution in [0.4, 0.5) is 24.5 Å². The molecule has 0 bridgehead atoms. The maximum atomic E-state index is 13.5. The molecule has 2 aliphatic rings. The molecule has 2 aliphatic heterocycles. The summed E-state index contributed by atoms with van der Waals surface area (Å²) in [6.07, 6.45) is -4.64. The Hall–Kier alpha value is -3.09. The molecule has 38 heavy (non-hydrogen) atoms. The number of alkyl halides is 3. The molecule has 13 heteroatoms. The van der Waals surface area contributed by atoms with Gasteiger partial charge in [0.15, 0.2) is 0 Å². The Balaban J connectivity index is 1.46. The Morgan fingerprint density at radius 1 is 1.08 bits per heavy atom. The Kier molecular flexibility index (Phi) is 6.48. The number of hydrogen-bond donors (Lipinski definition) is 1. The Labute approximate surface area is 227 Å². The van der Waals surface area contributed by atoms with Gasteiger partial charge in [-0.1, -0.05) is 54.6 Å². The summed E-state index contributed by atoms with van der Waals surface area (Å²) in [6, 6.07) is 10.5. The summed E-state index contributed by atoms with van der Waals surface area (Å²) in [5, 5.41) is 2.60. The van der Waals surface area contributed by atoms with Crippen molar-refractivity contribution in [1.82, 2.24) is 4.57 Å². The second kappa shape index (κ2) is 9.28. The number of anilines is 2. The third-order valence-electron chi connectivity index (χ3n) is 6.56. The number of aromatic nitrogens is 1. The first kappa shape index (κ1) is 26.5. The number of nitrogens with zero attached hydrogens (tertiary/aromatic N) is 2. The summed E-state index contributed by atoms with van der Waals surface area (Å²) in [5.74, 6) is -2.68. The summed E-state index contributed by atoms with van der Waals surface area (Å²) in [6.45, 7) is 3.11. The van der Waals surface area contributed by atoms with Crippen LogP contribution in [0.2, 0.25) is 5.02 Å². The fourth-order valence-electron chi connectivity index (χ4n) is 4.72. The molecule has 0 saturated carbocycles. The highest BCUT2D eigenvalue weighted by Gasteiger charge is 2.59. The Morgan fingerprint density at radius 2 is 1.76 bits per heavy atom. The minimum atomic E-state index is -4.64. The molecular weight excluding hydrogens is 563 g/mol. The molecule has 0 spiro atoms. The number of hydrogen-bond acceptors (Lipinski definition) is 6. The molecule has 1 fully saturated rings. The van der Waals surface area contributed by atoms with Gasteiger partial charge in [-0.15, -0.1) is 0 Å². The molecule has 7 nitrogen and oxygen atoms in total. The zero-order valence-corrected chi connectivity index (χ0v) is 22.2. The highest BCUT2D eigenvalue weighted by Crippen LogP contribution is 2.54. The van der Waals surface area contributed by atoms with Gasteiger partial charge in [0, 0.05) is 21.0 Å². The molecule has 2 aromatic carbocycles. The lowest BCUT2D eigenvalue weighted by Crippen LogP contribution is -2.42. The molecule has 2 atom stereocenters. The zero-order valence-electron chi connectivity index (χ0n) is 19.8. The minimum absolute atomic E-state index is 0.163. The molecule has 3 amide bonds. The lowest BCUT2D eigenvalue weighted by Gasteiger charge is -2.36. The van der Waals surface area contributed by atoms with Crippen molar-refractivity contribution >= 4 is 63.8 Å². The summed E-state index contributed by atoms with van der Waals surface area (Å²) < 4.78 is 41.1. The average Bonchev–Trinajstić information content (AvgIpc) is 3.29. The van der Waals surface area contributed by atoms with E-state index in [0.29, 0.717) is 20.6 Å². The topological polar surface area (TPSA) is 88.5 Å². The van der Waals surface area contributed by atoms with Gasteiger partial charge in [0.25, 0.3) is 0 Å². The molecule has 3 aromatic rings. The van der Waals surface area contributed by atoms with Gasteiger partial charge in [0.2, 0.25) is 17.7 Å². The van der Waals surface area contributed by atoms with Crippen LogP contribution in [0, 0.1) is 5.92 Å². The number of thioether (sulfide) groups is 1. The number of benzene rings is 2. The van der Waals surface area contributed by atoms with E-state index in [4.69, 9.17) is 11.6 Å². The first-order chi connectivity index (χ1) is 17.8. The van der Waals surface area contributed by atoms with E-state index in [0.717, 1.165) is 46.2 Å². The van der Waals surface area contributed by atoms with E-state index in [-0.39, 0.29) is 12.2 Å². The van der Waals surface area contributed by atoms with Crippen molar-refractivity contribution in [2.24, 2.45) is 5.92 Å². The van der Waals surface area contributed by atoms with Crippen LogP contribution in [0.3, 0.4) is 0 Å². The minimum Gasteiger partial charge on any atom is -0.325 e. The van der Waals surface area contributed by atoms with Crippen molar-refractivity contribution < 1.29 is 27.6 Å². The van der Waals surface area contributed by atoms with Crippen molar-refractivity contribution in [2.45, 2.75) is 42.3 Å². The normalized spacial score (nSPS) is 20.3. The molecule has 1 aromatic heterocycles. The molecule has 198 valence electrons. The summed E-state index contributed by atoms with van der Waals surface area (Å²) in [4.78, 5) is 53.5. The lowest BCUT2D eigenvalue weighted by atomic mass is 9.76. The predicted octanol–water partition coefficient (Wildman–Crippen LogP) is 5.16. The van der Waals surface area contributed by atoms with E-state index in [1.54, 1.807) is 38.1 Å². The first-order valence-corrected chi connectivity index (χ1v) is 13.4. The standard InChI is InChI=1S/C25H19ClF3N3O4S2/c1-24(2)17-18(21(35)32(20(17)34)15-5-3-4-12(10-15)25(27,28)29)37-22-19(24)38-23(36)31(22)11-16(33)30-14-8-6-13(26)7-9-14/h3-10,17-18H,11H2,1-2H3,(H,30,33). The van der Waals surface area contributed by atoms with Gasteiger partial charge in [-0.25, -0.2) is 4.90 Å². The highest BCUT2D eigenvalue weighted by molar-refractivity contribution is 8.00. The van der Waals surface area contributed by atoms with Crippen LogP contribution in [-0.4, -0.2) is 27.5 Å². The van der Waals surface area contributed by atoms with Crippen LogP contribution in [0.5, 0.6) is 0 Å². The lowest BCUT2D eigenvalue weighted by molar-refractivity contribution is -0.137. The Bertz CT molecular complexity index is 1530. The number of rotatable bonds is 4. The third kappa shape index (κ3) is 4.44. The maximum Gasteiger partial charge on any atom is 0.416 e. The van der Waals surface area contributed by atoms with Gasteiger partial charge in [0.05, 0.1) is 22.2 Å². The third-order valence-corrected chi connectivity index (χ3v) is 9.64.